The van der Waals surface area contributed by atoms with E-state index in [4.69, 9.17) is 9.47 Å². The number of amides is 1. The Kier molecular flexibility index (Phi) is 6.52. The van der Waals surface area contributed by atoms with Gasteiger partial charge in [0.05, 0.1) is 19.3 Å². The molecular weight excluding hydrogens is 359 g/mol. The van der Waals surface area contributed by atoms with E-state index < -0.39 is 0 Å². The van der Waals surface area contributed by atoms with E-state index >= 15 is 0 Å². The number of benzene rings is 2. The Morgan fingerprint density at radius 2 is 2.04 bits per heavy atom. The third-order valence-corrected chi connectivity index (χ3v) is 4.77. The highest BCUT2D eigenvalue weighted by molar-refractivity contribution is 5.77. The van der Waals surface area contributed by atoms with Crippen LogP contribution in [0, 0.1) is 5.82 Å². The van der Waals surface area contributed by atoms with E-state index in [9.17, 15) is 9.18 Å². The largest absolute Gasteiger partial charge is 0.493 e. The molecule has 0 radical (unpaired) electrons. The third kappa shape index (κ3) is 5.01. The number of rotatable bonds is 7. The number of carbonyl (C=O) groups excluding carboxylic acids is 1. The molecule has 2 N–H and O–H groups in total. The van der Waals surface area contributed by atoms with Crippen LogP contribution < -0.4 is 20.1 Å². The lowest BCUT2D eigenvalue weighted by Gasteiger charge is -2.33. The highest BCUT2D eigenvalue weighted by Crippen LogP contribution is 2.30. The van der Waals surface area contributed by atoms with Gasteiger partial charge in [0.15, 0.2) is 11.5 Å². The summed E-state index contributed by atoms with van der Waals surface area (Å²) in [4.78, 5) is 11.9. The van der Waals surface area contributed by atoms with Crippen LogP contribution in [0.5, 0.6) is 11.5 Å². The Bertz CT molecular complexity index is 825. The molecule has 5 nitrogen and oxygen atoms in total. The molecule has 1 heterocycles. The van der Waals surface area contributed by atoms with Crippen LogP contribution >= 0.6 is 0 Å². The van der Waals surface area contributed by atoms with Crippen LogP contribution in [0.3, 0.4) is 0 Å². The number of hydrogen-bond acceptors (Lipinski definition) is 4. The Hall–Kier alpha value is -2.60. The van der Waals surface area contributed by atoms with E-state index in [0.717, 1.165) is 11.1 Å². The average molecular weight is 386 g/mol. The zero-order chi connectivity index (χ0) is 20.1. The molecule has 2 atom stereocenters. The highest BCUT2D eigenvalue weighted by atomic mass is 19.1. The lowest BCUT2D eigenvalue weighted by Crippen LogP contribution is -2.48. The lowest BCUT2D eigenvalue weighted by molar-refractivity contribution is -0.123. The van der Waals surface area contributed by atoms with Crippen molar-refractivity contribution < 1.29 is 18.7 Å². The monoisotopic (exact) mass is 386 g/mol. The van der Waals surface area contributed by atoms with Crippen LogP contribution in [0.1, 0.15) is 43.9 Å². The summed E-state index contributed by atoms with van der Waals surface area (Å²) in [5, 5.41) is 6.50. The van der Waals surface area contributed by atoms with Crippen molar-refractivity contribution in [3.63, 3.8) is 0 Å². The number of carbonyl (C=O) groups is 1. The summed E-state index contributed by atoms with van der Waals surface area (Å²) >= 11 is 0. The fourth-order valence-corrected chi connectivity index (χ4v) is 3.46. The van der Waals surface area contributed by atoms with Crippen LogP contribution in [0.4, 0.5) is 4.39 Å². The van der Waals surface area contributed by atoms with Crippen molar-refractivity contribution >= 4 is 5.91 Å². The number of nitrogens with one attached hydrogen (secondary N) is 2. The standard InChI is InChI=1S/C22H27FN2O3/c1-14(2)28-20-11-15(7-9-19(20)27-3)13-24-18-8-10-21(26)25-22(18)16-5-4-6-17(23)12-16/h4-7,9,11-12,14,18,22,24H,8,10,13H2,1-3H3,(H,25,26)/t18-,22+/m1/s1. The Morgan fingerprint density at radius 1 is 1.21 bits per heavy atom. The molecule has 1 aliphatic rings. The van der Waals surface area contributed by atoms with E-state index in [0.29, 0.717) is 30.9 Å². The minimum Gasteiger partial charge on any atom is -0.493 e. The molecule has 150 valence electrons. The molecule has 0 unspecified atom stereocenters. The van der Waals surface area contributed by atoms with E-state index in [1.54, 1.807) is 13.2 Å². The predicted octanol–water partition coefficient (Wildman–Crippen LogP) is 3.73. The second-order valence-corrected chi connectivity index (χ2v) is 7.28. The van der Waals surface area contributed by atoms with E-state index in [2.05, 4.69) is 10.6 Å². The molecule has 1 saturated heterocycles. The van der Waals surface area contributed by atoms with Gasteiger partial charge >= 0.3 is 0 Å². The molecule has 28 heavy (non-hydrogen) atoms. The zero-order valence-corrected chi connectivity index (χ0v) is 16.5. The van der Waals surface area contributed by atoms with Crippen molar-refractivity contribution in [1.82, 2.24) is 10.6 Å². The van der Waals surface area contributed by atoms with Gasteiger partial charge in [0.1, 0.15) is 5.82 Å². The van der Waals surface area contributed by atoms with E-state index in [1.165, 1.54) is 12.1 Å². The fraction of sp³-hybridized carbons (Fsp3) is 0.409. The molecule has 1 fully saturated rings. The summed E-state index contributed by atoms with van der Waals surface area (Å²) in [6.07, 6.45) is 1.19. The summed E-state index contributed by atoms with van der Waals surface area (Å²) in [6, 6.07) is 12.0. The molecule has 0 aromatic heterocycles. The zero-order valence-electron chi connectivity index (χ0n) is 16.5. The van der Waals surface area contributed by atoms with Gasteiger partial charge in [-0.15, -0.1) is 0 Å². The number of piperidine rings is 1. The van der Waals surface area contributed by atoms with Gasteiger partial charge < -0.3 is 20.1 Å². The maximum absolute atomic E-state index is 13.7. The maximum Gasteiger partial charge on any atom is 0.220 e. The summed E-state index contributed by atoms with van der Waals surface area (Å²) < 4.78 is 24.9. The molecule has 6 heteroatoms. The minimum absolute atomic E-state index is 0.00983. The first-order chi connectivity index (χ1) is 13.5. The van der Waals surface area contributed by atoms with Crippen LogP contribution in [0.25, 0.3) is 0 Å². The van der Waals surface area contributed by atoms with Crippen molar-refractivity contribution in [3.05, 3.63) is 59.4 Å². The van der Waals surface area contributed by atoms with Crippen LogP contribution in [-0.4, -0.2) is 25.2 Å². The second-order valence-electron chi connectivity index (χ2n) is 7.28. The van der Waals surface area contributed by atoms with Crippen LogP contribution in [-0.2, 0) is 11.3 Å². The normalized spacial score (nSPS) is 19.4. The van der Waals surface area contributed by atoms with E-state index in [1.807, 2.05) is 38.1 Å². The van der Waals surface area contributed by atoms with Crippen LogP contribution in [0.2, 0.25) is 0 Å². The first kappa shape index (κ1) is 20.1. The SMILES string of the molecule is COc1ccc(CN[C@@H]2CCC(=O)N[C@H]2c2cccc(F)c2)cc1OC(C)C. The van der Waals surface area contributed by atoms with E-state index in [-0.39, 0.29) is 29.9 Å². The minimum atomic E-state index is -0.304. The molecule has 0 aliphatic carbocycles. The van der Waals surface area contributed by atoms with Gasteiger partial charge in [0.2, 0.25) is 5.91 Å². The summed E-state index contributed by atoms with van der Waals surface area (Å²) in [7, 11) is 1.62. The molecule has 3 rings (SSSR count). The van der Waals surface area contributed by atoms with Crippen molar-refractivity contribution in [2.24, 2.45) is 0 Å². The van der Waals surface area contributed by atoms with Gasteiger partial charge in [-0.1, -0.05) is 18.2 Å². The molecule has 0 bridgehead atoms. The molecule has 0 spiro atoms. The first-order valence-corrected chi connectivity index (χ1v) is 9.58. The van der Waals surface area contributed by atoms with Gasteiger partial charge in [0.25, 0.3) is 0 Å². The molecule has 0 saturated carbocycles. The second kappa shape index (κ2) is 9.06. The summed E-state index contributed by atoms with van der Waals surface area (Å²) in [5.74, 6) is 1.08. The fourth-order valence-electron chi connectivity index (χ4n) is 3.46. The molecule has 2 aromatic rings. The summed E-state index contributed by atoms with van der Waals surface area (Å²) in [6.45, 7) is 4.54. The smallest absolute Gasteiger partial charge is 0.220 e. The van der Waals surface area contributed by atoms with Gasteiger partial charge in [-0.25, -0.2) is 4.39 Å². The van der Waals surface area contributed by atoms with Crippen molar-refractivity contribution in [2.45, 2.75) is 51.4 Å². The third-order valence-electron chi connectivity index (χ3n) is 4.77. The maximum atomic E-state index is 13.7. The van der Waals surface area contributed by atoms with Crippen molar-refractivity contribution in [2.75, 3.05) is 7.11 Å². The number of methoxy groups -OCH3 is 1. The number of ether oxygens (including phenoxy) is 2. The van der Waals surface area contributed by atoms with Crippen molar-refractivity contribution in [3.8, 4) is 11.5 Å². The highest BCUT2D eigenvalue weighted by Gasteiger charge is 2.29. The average Bonchev–Trinajstić information content (AvgIpc) is 2.66. The van der Waals surface area contributed by atoms with Gasteiger partial charge in [-0.05, 0) is 55.7 Å². The Labute approximate surface area is 165 Å². The van der Waals surface area contributed by atoms with Crippen LogP contribution in [0.15, 0.2) is 42.5 Å². The van der Waals surface area contributed by atoms with Gasteiger partial charge in [-0.2, -0.15) is 0 Å². The Balaban J connectivity index is 1.73. The lowest BCUT2D eigenvalue weighted by atomic mass is 9.91. The first-order valence-electron chi connectivity index (χ1n) is 9.58. The topological polar surface area (TPSA) is 59.6 Å². The molecular formula is C22H27FN2O3. The Morgan fingerprint density at radius 3 is 2.75 bits per heavy atom. The predicted molar refractivity (Wildman–Crippen MR) is 106 cm³/mol. The molecule has 1 amide bonds. The van der Waals surface area contributed by atoms with Crippen molar-refractivity contribution in [1.29, 1.82) is 0 Å². The van der Waals surface area contributed by atoms with Gasteiger partial charge in [-0.3, -0.25) is 4.79 Å². The van der Waals surface area contributed by atoms with Gasteiger partial charge in [0, 0.05) is 19.0 Å². The quantitative estimate of drug-likeness (QED) is 0.761. The molecule has 2 aromatic carbocycles. The summed E-state index contributed by atoms with van der Waals surface area (Å²) in [5.41, 5.74) is 1.82. The number of halogens is 1. The molecule has 1 aliphatic heterocycles. The number of hydrogen-bond donors (Lipinski definition) is 2.